The van der Waals surface area contributed by atoms with Crippen molar-refractivity contribution in [3.05, 3.63) is 24.0 Å². The van der Waals surface area contributed by atoms with E-state index in [1.807, 2.05) is 69.2 Å². The summed E-state index contributed by atoms with van der Waals surface area (Å²) in [5.41, 5.74) is 1.30. The molecule has 1 heterocycles. The Balaban J connectivity index is -0.0000000544. The molecule has 38 heavy (non-hydrogen) atoms. The van der Waals surface area contributed by atoms with E-state index in [-0.39, 0.29) is 5.97 Å². The van der Waals surface area contributed by atoms with Crippen LogP contribution in [-0.4, -0.2) is 31.0 Å². The van der Waals surface area contributed by atoms with Gasteiger partial charge in [0.2, 0.25) is 0 Å². The summed E-state index contributed by atoms with van der Waals surface area (Å²) in [6.07, 6.45) is 12.1. The van der Waals surface area contributed by atoms with Gasteiger partial charge >= 0.3 is 5.97 Å². The first-order valence-electron chi connectivity index (χ1n) is 16.3. The van der Waals surface area contributed by atoms with Crippen LogP contribution in [0.1, 0.15) is 176 Å². The molecule has 0 amide bonds. The molecule has 0 bridgehead atoms. The van der Waals surface area contributed by atoms with Gasteiger partial charge in [-0.15, -0.1) is 6.58 Å². The number of allylic oxidation sites excluding steroid dienone is 2. The number of ether oxygens (including phenoxy) is 1. The van der Waals surface area contributed by atoms with Gasteiger partial charge in [0, 0.05) is 20.0 Å². The number of esters is 1. The molecule has 0 radical (unpaired) electrons. The van der Waals surface area contributed by atoms with Gasteiger partial charge in [-0.2, -0.15) is 0 Å². The summed E-state index contributed by atoms with van der Waals surface area (Å²) < 4.78 is 5.17. The number of carbonyl (C=O) groups is 1. The van der Waals surface area contributed by atoms with Crippen LogP contribution < -0.4 is 0 Å². The first kappa shape index (κ1) is 56.9. The van der Waals surface area contributed by atoms with Crippen molar-refractivity contribution in [2.75, 3.05) is 20.1 Å². The van der Waals surface area contributed by atoms with Crippen LogP contribution in [0.5, 0.6) is 0 Å². The summed E-state index contributed by atoms with van der Waals surface area (Å²) in [7, 11) is 2.11. The second-order valence-electron chi connectivity index (χ2n) is 7.83. The van der Waals surface area contributed by atoms with Crippen LogP contribution in [-0.2, 0) is 9.53 Å². The summed E-state index contributed by atoms with van der Waals surface area (Å²) in [5, 5.41) is 0. The molecule has 0 aliphatic carbocycles. The van der Waals surface area contributed by atoms with Gasteiger partial charge in [0.25, 0.3) is 0 Å². The molecule has 0 saturated carbocycles. The molecule has 0 aromatic rings. The molecule has 3 nitrogen and oxygen atoms in total. The molecule has 0 N–H and O–H groups in total. The van der Waals surface area contributed by atoms with Crippen LogP contribution in [0.4, 0.5) is 0 Å². The number of rotatable bonds is 6. The molecule has 0 aromatic carbocycles. The monoisotopic (exact) mass is 548 g/mol. The number of likely N-dealkylation sites (tertiary alicyclic amines) is 1. The fourth-order valence-corrected chi connectivity index (χ4v) is 2.62. The van der Waals surface area contributed by atoms with Crippen molar-refractivity contribution in [1.82, 2.24) is 4.90 Å². The molecule has 238 valence electrons. The number of unbranched alkanes of at least 4 members (excludes halogenated alkanes) is 3. The Bertz CT molecular complexity index is 385. The number of hydrogen-bond donors (Lipinski definition) is 0. The lowest BCUT2D eigenvalue weighted by Crippen LogP contribution is -2.13. The van der Waals surface area contributed by atoms with E-state index in [0.29, 0.717) is 5.92 Å². The van der Waals surface area contributed by atoms with Crippen molar-refractivity contribution in [3.63, 3.8) is 0 Å². The van der Waals surface area contributed by atoms with Gasteiger partial charge in [0.05, 0.1) is 0 Å². The van der Waals surface area contributed by atoms with E-state index >= 15 is 0 Å². The minimum atomic E-state index is -0.218. The van der Waals surface area contributed by atoms with Crippen molar-refractivity contribution < 1.29 is 9.53 Å². The number of carbonyl (C=O) groups excluding carboxylic acids is 1. The van der Waals surface area contributed by atoms with Crippen molar-refractivity contribution in [2.24, 2.45) is 5.92 Å². The zero-order valence-electron chi connectivity index (χ0n) is 30.7. The topological polar surface area (TPSA) is 29.5 Å². The van der Waals surface area contributed by atoms with Crippen LogP contribution in [0.3, 0.4) is 0 Å². The molecular weight excluding hydrogens is 466 g/mol. The maximum atomic E-state index is 10.9. The van der Waals surface area contributed by atoms with Gasteiger partial charge < -0.3 is 9.64 Å². The van der Waals surface area contributed by atoms with Gasteiger partial charge in [0.15, 0.2) is 0 Å². The van der Waals surface area contributed by atoms with Crippen molar-refractivity contribution >= 4 is 5.97 Å². The second-order valence-corrected chi connectivity index (χ2v) is 7.83. The predicted molar refractivity (Wildman–Crippen MR) is 183 cm³/mol. The van der Waals surface area contributed by atoms with Crippen molar-refractivity contribution in [1.29, 1.82) is 0 Å². The lowest BCUT2D eigenvalue weighted by atomic mass is 9.97. The number of likely N-dealkylation sites (N-methyl/N-ethyl adjacent to an activating group) is 1. The molecule has 0 unspecified atom stereocenters. The van der Waals surface area contributed by atoms with Crippen LogP contribution in [0.25, 0.3) is 0 Å². The highest BCUT2D eigenvalue weighted by Crippen LogP contribution is 2.28. The molecule has 1 fully saturated rings. The Kier molecular flexibility index (Phi) is 97.7. The molecule has 0 aromatic heterocycles. The molecule has 3 heteroatoms. The van der Waals surface area contributed by atoms with Crippen molar-refractivity contribution in [2.45, 2.75) is 176 Å². The molecule has 1 saturated heterocycles. The lowest BCUT2D eigenvalue weighted by molar-refractivity contribution is -0.136. The zero-order chi connectivity index (χ0) is 32.4. The third-order valence-electron chi connectivity index (χ3n) is 4.06. The summed E-state index contributed by atoms with van der Waals surface area (Å²) >= 11 is 0. The molecular formula is C35H81NO2. The fraction of sp³-hybridized carbons (Fsp3) is 0.857. The van der Waals surface area contributed by atoms with Gasteiger partial charge in [-0.25, -0.2) is 0 Å². The predicted octanol–water partition coefficient (Wildman–Crippen LogP) is 12.9. The smallest absolute Gasteiger partial charge is 0.307 e. The van der Waals surface area contributed by atoms with E-state index in [1.165, 1.54) is 63.9 Å². The average molecular weight is 548 g/mol. The Morgan fingerprint density at radius 2 is 1.16 bits per heavy atom. The number of hydrogen-bond acceptors (Lipinski definition) is 3. The van der Waals surface area contributed by atoms with E-state index in [0.717, 1.165) is 18.8 Å². The van der Waals surface area contributed by atoms with Crippen LogP contribution in [0, 0.1) is 5.92 Å². The van der Waals surface area contributed by atoms with Crippen LogP contribution in [0.2, 0.25) is 0 Å². The van der Waals surface area contributed by atoms with Gasteiger partial charge in [-0.05, 0) is 38.8 Å². The third kappa shape index (κ3) is 64.7. The zero-order valence-corrected chi connectivity index (χ0v) is 30.7. The molecule has 1 aliphatic heterocycles. The Morgan fingerprint density at radius 1 is 0.816 bits per heavy atom. The van der Waals surface area contributed by atoms with E-state index in [9.17, 15) is 4.79 Å². The first-order chi connectivity index (χ1) is 18.2. The van der Waals surface area contributed by atoms with Gasteiger partial charge in [-0.3, -0.25) is 4.79 Å². The number of nitrogens with zero attached hydrogens (tertiary/aromatic N) is 1. The molecule has 1 aliphatic rings. The average Bonchev–Trinajstić information content (AvgIpc) is 3.31. The highest BCUT2D eigenvalue weighted by atomic mass is 16.5. The minimum Gasteiger partial charge on any atom is -0.432 e. The molecule has 1 atom stereocenters. The Hall–Kier alpha value is -1.09. The van der Waals surface area contributed by atoms with E-state index in [2.05, 4.69) is 67.0 Å². The quantitative estimate of drug-likeness (QED) is 0.188. The SMILES string of the molecule is C=CC.CC.CC.CC.CC.CCC.CCCC.CCCCC.CCC[C@@H]1CN(C)C/C1=C(\C)OC(C)=O. The maximum Gasteiger partial charge on any atom is 0.307 e. The van der Waals surface area contributed by atoms with Gasteiger partial charge in [0.1, 0.15) is 5.76 Å². The fourth-order valence-electron chi connectivity index (χ4n) is 2.62. The highest BCUT2D eigenvalue weighted by Gasteiger charge is 2.26. The second kappa shape index (κ2) is 65.2. The van der Waals surface area contributed by atoms with Crippen LogP contribution in [0.15, 0.2) is 24.0 Å². The van der Waals surface area contributed by atoms with E-state index in [1.54, 1.807) is 6.08 Å². The first-order valence-corrected chi connectivity index (χ1v) is 16.3. The Morgan fingerprint density at radius 3 is 1.37 bits per heavy atom. The molecule has 0 spiro atoms. The molecule has 1 rings (SSSR count). The van der Waals surface area contributed by atoms with Gasteiger partial charge in [-0.1, -0.05) is 155 Å². The van der Waals surface area contributed by atoms with E-state index in [4.69, 9.17) is 4.74 Å². The van der Waals surface area contributed by atoms with E-state index < -0.39 is 0 Å². The minimum absolute atomic E-state index is 0.218. The standard InChI is InChI=1S/C12H21NO2.C5H12.C4H10.C3H8.C3H6.4C2H6/c1-5-6-11-7-13(4)8-12(11)9(2)15-10(3)14;1-3-5-4-2;1-3-4-2;2*1-3-2;4*1-2/h11H,5-8H2,1-4H3;3-5H2,1-2H3;3-4H2,1-2H3;3H2,1-2H3;3H,1H2,2H3;4*1-2H3/b12-9-;;;;;;;;/t11-;;;;;;;;/m1......../s1. The van der Waals surface area contributed by atoms with Crippen molar-refractivity contribution in [3.8, 4) is 0 Å². The summed E-state index contributed by atoms with van der Waals surface area (Å²) in [4.78, 5) is 13.2. The Labute approximate surface area is 246 Å². The third-order valence-corrected chi connectivity index (χ3v) is 4.06. The maximum absolute atomic E-state index is 10.9. The summed E-state index contributed by atoms with van der Waals surface area (Å²) in [5.74, 6) is 1.16. The lowest BCUT2D eigenvalue weighted by Gasteiger charge is -2.12. The highest BCUT2D eigenvalue weighted by molar-refractivity contribution is 5.67. The largest absolute Gasteiger partial charge is 0.432 e. The summed E-state index contributed by atoms with van der Waals surface area (Å²) in [6.45, 7) is 41.9. The normalized spacial score (nSPS) is 13.4. The van der Waals surface area contributed by atoms with Crippen LogP contribution >= 0.6 is 0 Å². The summed E-state index contributed by atoms with van der Waals surface area (Å²) in [6, 6.07) is 0.